The summed E-state index contributed by atoms with van der Waals surface area (Å²) in [5, 5.41) is 11.3. The second kappa shape index (κ2) is 6.23. The first-order valence-corrected chi connectivity index (χ1v) is 8.06. The Bertz CT molecular complexity index is 656. The summed E-state index contributed by atoms with van der Waals surface area (Å²) in [5.41, 5.74) is 1.02. The molecule has 0 spiro atoms. The van der Waals surface area contributed by atoms with E-state index >= 15 is 0 Å². The number of carboxylic acid groups (broad SMARTS) is 1. The lowest BCUT2D eigenvalue weighted by Crippen LogP contribution is -2.34. The molecule has 7 nitrogen and oxygen atoms in total. The van der Waals surface area contributed by atoms with Crippen molar-refractivity contribution in [2.75, 3.05) is 24.2 Å². The minimum absolute atomic E-state index is 0.0778. The third kappa shape index (κ3) is 4.27. The van der Waals surface area contributed by atoms with Crippen molar-refractivity contribution in [2.45, 2.75) is 12.8 Å². The number of carboxylic acids is 1. The lowest BCUT2D eigenvalue weighted by atomic mass is 10.1. The van der Waals surface area contributed by atoms with Crippen LogP contribution in [0.3, 0.4) is 0 Å². The van der Waals surface area contributed by atoms with Crippen LogP contribution in [0.4, 0.5) is 5.69 Å². The van der Waals surface area contributed by atoms with Gasteiger partial charge in [-0.3, -0.25) is 9.59 Å². The highest BCUT2D eigenvalue weighted by atomic mass is 32.2. The molecule has 2 rings (SSSR count). The number of hydrogen-bond acceptors (Lipinski definition) is 4. The highest BCUT2D eigenvalue weighted by Gasteiger charge is 2.29. The third-order valence-electron chi connectivity index (χ3n) is 3.09. The molecule has 1 aliphatic rings. The van der Waals surface area contributed by atoms with Gasteiger partial charge in [0.15, 0.2) is 0 Å². The fourth-order valence-electron chi connectivity index (χ4n) is 2.16. The lowest BCUT2D eigenvalue weighted by Gasteiger charge is -2.14. The van der Waals surface area contributed by atoms with Gasteiger partial charge in [-0.15, -0.1) is 0 Å². The number of amides is 1. The fourth-order valence-corrected chi connectivity index (χ4v) is 3.64. The zero-order valence-electron chi connectivity index (χ0n) is 11.3. The predicted octanol–water partition coefficient (Wildman–Crippen LogP) is 0.288. The number of nitrogens with one attached hydrogen (secondary N) is 1. The van der Waals surface area contributed by atoms with E-state index in [9.17, 15) is 18.0 Å². The molecule has 1 heterocycles. The standard InChI is InChI=1S/C13H16N2O5S/c16-12(9-15-5-2-6-21(15,19)20)14-11-4-1-3-10(7-11)8-13(17)18/h1,3-4,7H,2,5-6,8-9H2,(H,14,16)(H,17,18). The summed E-state index contributed by atoms with van der Waals surface area (Å²) in [6.07, 6.45) is 0.397. The predicted molar refractivity (Wildman–Crippen MR) is 76.4 cm³/mol. The van der Waals surface area contributed by atoms with Gasteiger partial charge in [-0.25, -0.2) is 8.42 Å². The van der Waals surface area contributed by atoms with E-state index < -0.39 is 21.9 Å². The van der Waals surface area contributed by atoms with Gasteiger partial charge in [-0.1, -0.05) is 12.1 Å². The summed E-state index contributed by atoms with van der Waals surface area (Å²) in [4.78, 5) is 22.5. The Morgan fingerprint density at radius 1 is 1.33 bits per heavy atom. The number of rotatable bonds is 5. The van der Waals surface area contributed by atoms with Crippen molar-refractivity contribution >= 4 is 27.6 Å². The second-order valence-electron chi connectivity index (χ2n) is 4.82. The van der Waals surface area contributed by atoms with Crippen LogP contribution >= 0.6 is 0 Å². The maximum Gasteiger partial charge on any atom is 0.307 e. The largest absolute Gasteiger partial charge is 0.481 e. The summed E-state index contributed by atoms with van der Waals surface area (Å²) >= 11 is 0. The molecule has 0 unspecified atom stereocenters. The molecule has 1 amide bonds. The van der Waals surface area contributed by atoms with Crippen LogP contribution in [0.5, 0.6) is 0 Å². The highest BCUT2D eigenvalue weighted by molar-refractivity contribution is 7.89. The first kappa shape index (κ1) is 15.5. The Hall–Kier alpha value is -1.93. The van der Waals surface area contributed by atoms with Gasteiger partial charge >= 0.3 is 5.97 Å². The van der Waals surface area contributed by atoms with Crippen molar-refractivity contribution in [2.24, 2.45) is 0 Å². The SMILES string of the molecule is O=C(O)Cc1cccc(NC(=O)CN2CCCS2(=O)=O)c1. The molecule has 0 atom stereocenters. The van der Waals surface area contributed by atoms with Crippen LogP contribution in [-0.2, 0) is 26.0 Å². The topological polar surface area (TPSA) is 104 Å². The van der Waals surface area contributed by atoms with Crippen LogP contribution in [0.1, 0.15) is 12.0 Å². The van der Waals surface area contributed by atoms with Gasteiger partial charge in [0, 0.05) is 12.2 Å². The molecule has 114 valence electrons. The number of benzene rings is 1. The maximum atomic E-state index is 11.9. The van der Waals surface area contributed by atoms with E-state index in [0.29, 0.717) is 24.2 Å². The molecule has 1 fully saturated rings. The van der Waals surface area contributed by atoms with Crippen LogP contribution in [0.25, 0.3) is 0 Å². The Morgan fingerprint density at radius 2 is 2.10 bits per heavy atom. The van der Waals surface area contributed by atoms with Gasteiger partial charge < -0.3 is 10.4 Å². The summed E-state index contributed by atoms with van der Waals surface area (Å²) in [6, 6.07) is 6.47. The van der Waals surface area contributed by atoms with Crippen molar-refractivity contribution in [3.05, 3.63) is 29.8 Å². The zero-order chi connectivity index (χ0) is 15.5. The molecule has 1 saturated heterocycles. The Kier molecular flexibility index (Phi) is 4.59. The molecule has 0 aliphatic carbocycles. The van der Waals surface area contributed by atoms with Gasteiger partial charge in [0.1, 0.15) is 0 Å². The average molecular weight is 312 g/mol. The van der Waals surface area contributed by atoms with E-state index in [1.807, 2.05) is 0 Å². The summed E-state index contributed by atoms with van der Waals surface area (Å²) in [6.45, 7) is 0.139. The highest BCUT2D eigenvalue weighted by Crippen LogP contribution is 2.14. The number of nitrogens with zero attached hydrogens (tertiary/aromatic N) is 1. The molecular weight excluding hydrogens is 296 g/mol. The molecule has 1 aromatic carbocycles. The van der Waals surface area contributed by atoms with E-state index in [4.69, 9.17) is 5.11 Å². The van der Waals surface area contributed by atoms with E-state index in [0.717, 1.165) is 4.31 Å². The fraction of sp³-hybridized carbons (Fsp3) is 0.385. The molecule has 0 bridgehead atoms. The molecular formula is C13H16N2O5S. The van der Waals surface area contributed by atoms with Crippen LogP contribution in [-0.4, -0.2) is 48.5 Å². The molecule has 21 heavy (non-hydrogen) atoms. The lowest BCUT2D eigenvalue weighted by molar-refractivity contribution is -0.136. The van der Waals surface area contributed by atoms with Crippen LogP contribution < -0.4 is 5.32 Å². The number of aliphatic carboxylic acids is 1. The van der Waals surface area contributed by atoms with Gasteiger partial charge in [0.25, 0.3) is 0 Å². The molecule has 0 aromatic heterocycles. The van der Waals surface area contributed by atoms with Crippen LogP contribution in [0.15, 0.2) is 24.3 Å². The number of carbonyl (C=O) groups is 2. The Balaban J connectivity index is 1.98. The van der Waals surface area contributed by atoms with Crippen molar-refractivity contribution < 1.29 is 23.1 Å². The van der Waals surface area contributed by atoms with E-state index in [2.05, 4.69) is 5.32 Å². The van der Waals surface area contributed by atoms with Crippen molar-refractivity contribution in [1.82, 2.24) is 4.31 Å². The van der Waals surface area contributed by atoms with Crippen LogP contribution in [0, 0.1) is 0 Å². The minimum atomic E-state index is -3.30. The van der Waals surface area contributed by atoms with Gasteiger partial charge in [0.2, 0.25) is 15.9 Å². The normalized spacial score (nSPS) is 17.5. The molecule has 8 heteroatoms. The van der Waals surface area contributed by atoms with Crippen LogP contribution in [0.2, 0.25) is 0 Å². The third-order valence-corrected chi connectivity index (χ3v) is 4.99. The summed E-state index contributed by atoms with van der Waals surface area (Å²) < 4.78 is 24.4. The number of carbonyl (C=O) groups excluding carboxylic acids is 1. The van der Waals surface area contributed by atoms with E-state index in [-0.39, 0.29) is 18.7 Å². The maximum absolute atomic E-state index is 11.9. The number of sulfonamides is 1. The monoisotopic (exact) mass is 312 g/mol. The van der Waals surface area contributed by atoms with E-state index in [1.54, 1.807) is 24.3 Å². The molecule has 0 saturated carbocycles. The number of hydrogen-bond donors (Lipinski definition) is 2. The smallest absolute Gasteiger partial charge is 0.307 e. The van der Waals surface area contributed by atoms with Crippen molar-refractivity contribution in [1.29, 1.82) is 0 Å². The average Bonchev–Trinajstić information content (AvgIpc) is 2.68. The van der Waals surface area contributed by atoms with Crippen molar-refractivity contribution in [3.8, 4) is 0 Å². The summed E-state index contributed by atoms with van der Waals surface area (Å²) in [5.74, 6) is -1.32. The Labute approximate surface area is 122 Å². The van der Waals surface area contributed by atoms with Gasteiger partial charge in [-0.05, 0) is 24.1 Å². The second-order valence-corrected chi connectivity index (χ2v) is 6.91. The van der Waals surface area contributed by atoms with E-state index in [1.165, 1.54) is 0 Å². The quantitative estimate of drug-likeness (QED) is 0.813. The summed E-state index contributed by atoms with van der Waals surface area (Å²) in [7, 11) is -3.30. The first-order valence-electron chi connectivity index (χ1n) is 6.45. The number of anilines is 1. The molecule has 2 N–H and O–H groups in total. The zero-order valence-corrected chi connectivity index (χ0v) is 12.1. The first-order chi connectivity index (χ1) is 9.87. The molecule has 1 aromatic rings. The van der Waals surface area contributed by atoms with Gasteiger partial charge in [0.05, 0.1) is 18.7 Å². The van der Waals surface area contributed by atoms with Gasteiger partial charge in [-0.2, -0.15) is 4.31 Å². The molecule has 1 aliphatic heterocycles. The van der Waals surface area contributed by atoms with Crippen molar-refractivity contribution in [3.63, 3.8) is 0 Å². The minimum Gasteiger partial charge on any atom is -0.481 e. The Morgan fingerprint density at radius 3 is 2.71 bits per heavy atom. The molecule has 0 radical (unpaired) electrons.